The summed E-state index contributed by atoms with van der Waals surface area (Å²) in [5.41, 5.74) is 2.42. The van der Waals surface area contributed by atoms with Crippen LogP contribution in [0.15, 0.2) is 27.4 Å². The summed E-state index contributed by atoms with van der Waals surface area (Å²) < 4.78 is 4.95. The standard InChI is InChI=1S/C12H14N2O2/c15-12-14-10-7-9(5-6-11(10)16-12)13-8-3-1-2-4-8/h5-8,13H,1-4H2,(H,14,15). The summed E-state index contributed by atoms with van der Waals surface area (Å²) in [4.78, 5) is 13.7. The highest BCUT2D eigenvalue weighted by Crippen LogP contribution is 2.23. The molecule has 0 unspecified atom stereocenters. The molecule has 2 aromatic rings. The molecule has 3 rings (SSSR count). The molecular formula is C12H14N2O2. The van der Waals surface area contributed by atoms with E-state index in [4.69, 9.17) is 4.42 Å². The lowest BCUT2D eigenvalue weighted by Gasteiger charge is -2.12. The number of aromatic nitrogens is 1. The first-order chi connectivity index (χ1) is 7.81. The van der Waals surface area contributed by atoms with Crippen LogP contribution in [0.4, 0.5) is 5.69 Å². The Morgan fingerprint density at radius 1 is 1.31 bits per heavy atom. The van der Waals surface area contributed by atoms with Crippen molar-refractivity contribution in [1.82, 2.24) is 4.98 Å². The maximum Gasteiger partial charge on any atom is 0.417 e. The zero-order chi connectivity index (χ0) is 11.0. The summed E-state index contributed by atoms with van der Waals surface area (Å²) in [5, 5.41) is 3.48. The molecule has 0 aliphatic heterocycles. The molecule has 4 heteroatoms. The van der Waals surface area contributed by atoms with Crippen LogP contribution in [0.2, 0.25) is 0 Å². The van der Waals surface area contributed by atoms with Gasteiger partial charge in [-0.2, -0.15) is 0 Å². The number of fused-ring (bicyclic) bond motifs is 1. The normalized spacial score (nSPS) is 17.0. The van der Waals surface area contributed by atoms with Gasteiger partial charge in [-0.3, -0.25) is 4.98 Å². The molecule has 4 nitrogen and oxygen atoms in total. The Hall–Kier alpha value is -1.71. The summed E-state index contributed by atoms with van der Waals surface area (Å²) in [6.07, 6.45) is 5.09. The van der Waals surface area contributed by atoms with Crippen molar-refractivity contribution in [2.24, 2.45) is 0 Å². The van der Waals surface area contributed by atoms with Gasteiger partial charge < -0.3 is 9.73 Å². The van der Waals surface area contributed by atoms with Crippen LogP contribution in [0.3, 0.4) is 0 Å². The predicted octanol–water partition coefficient (Wildman–Crippen LogP) is 2.48. The van der Waals surface area contributed by atoms with Crippen molar-refractivity contribution in [2.45, 2.75) is 31.7 Å². The number of hydrogen-bond donors (Lipinski definition) is 2. The highest BCUT2D eigenvalue weighted by Gasteiger charge is 2.14. The quantitative estimate of drug-likeness (QED) is 0.814. The lowest BCUT2D eigenvalue weighted by atomic mass is 10.2. The highest BCUT2D eigenvalue weighted by atomic mass is 16.4. The van der Waals surface area contributed by atoms with Gasteiger partial charge in [0.05, 0.1) is 5.52 Å². The van der Waals surface area contributed by atoms with E-state index in [0.29, 0.717) is 11.6 Å². The Morgan fingerprint density at radius 3 is 2.94 bits per heavy atom. The zero-order valence-electron chi connectivity index (χ0n) is 8.95. The van der Waals surface area contributed by atoms with E-state index in [-0.39, 0.29) is 0 Å². The second-order valence-corrected chi connectivity index (χ2v) is 4.35. The number of hydrogen-bond acceptors (Lipinski definition) is 3. The maximum atomic E-state index is 11.0. The number of H-pyrrole nitrogens is 1. The second-order valence-electron chi connectivity index (χ2n) is 4.35. The second kappa shape index (κ2) is 3.70. The van der Waals surface area contributed by atoms with Crippen molar-refractivity contribution >= 4 is 16.8 Å². The minimum absolute atomic E-state index is 0.395. The monoisotopic (exact) mass is 218 g/mol. The molecule has 84 valence electrons. The first kappa shape index (κ1) is 9.51. The summed E-state index contributed by atoms with van der Waals surface area (Å²) in [6, 6.07) is 6.29. The van der Waals surface area contributed by atoms with Gasteiger partial charge in [-0.15, -0.1) is 0 Å². The van der Waals surface area contributed by atoms with Gasteiger partial charge in [0.2, 0.25) is 0 Å². The molecule has 0 bridgehead atoms. The molecule has 1 saturated carbocycles. The molecule has 2 N–H and O–H groups in total. The average Bonchev–Trinajstić information content (AvgIpc) is 2.85. The van der Waals surface area contributed by atoms with Crippen LogP contribution < -0.4 is 11.1 Å². The topological polar surface area (TPSA) is 58.0 Å². The number of aromatic amines is 1. The van der Waals surface area contributed by atoms with E-state index in [1.807, 2.05) is 18.2 Å². The van der Waals surface area contributed by atoms with Crippen molar-refractivity contribution in [3.05, 3.63) is 28.7 Å². The number of rotatable bonds is 2. The van der Waals surface area contributed by atoms with Gasteiger partial charge in [0.15, 0.2) is 5.58 Å². The molecular weight excluding hydrogens is 204 g/mol. The fraction of sp³-hybridized carbons (Fsp3) is 0.417. The predicted molar refractivity (Wildman–Crippen MR) is 62.7 cm³/mol. The molecule has 0 saturated heterocycles. The van der Waals surface area contributed by atoms with Gasteiger partial charge in [0, 0.05) is 11.7 Å². The van der Waals surface area contributed by atoms with Gasteiger partial charge in [0.1, 0.15) is 0 Å². The lowest BCUT2D eigenvalue weighted by molar-refractivity contribution is 0.555. The van der Waals surface area contributed by atoms with Crippen molar-refractivity contribution < 1.29 is 4.42 Å². The van der Waals surface area contributed by atoms with E-state index < -0.39 is 5.76 Å². The number of benzene rings is 1. The average molecular weight is 218 g/mol. The third-order valence-corrected chi connectivity index (χ3v) is 3.14. The van der Waals surface area contributed by atoms with Crippen molar-refractivity contribution in [3.8, 4) is 0 Å². The van der Waals surface area contributed by atoms with Gasteiger partial charge in [-0.25, -0.2) is 4.79 Å². The fourth-order valence-corrected chi connectivity index (χ4v) is 2.35. The third-order valence-electron chi connectivity index (χ3n) is 3.14. The van der Waals surface area contributed by atoms with Crippen LogP contribution in [0.1, 0.15) is 25.7 Å². The molecule has 1 aliphatic rings. The van der Waals surface area contributed by atoms with Crippen molar-refractivity contribution in [1.29, 1.82) is 0 Å². The summed E-state index contributed by atoms with van der Waals surface area (Å²) in [6.45, 7) is 0. The van der Waals surface area contributed by atoms with E-state index in [1.54, 1.807) is 0 Å². The Morgan fingerprint density at radius 2 is 2.12 bits per heavy atom. The minimum atomic E-state index is -0.395. The smallest absolute Gasteiger partial charge is 0.408 e. The van der Waals surface area contributed by atoms with Crippen LogP contribution in [-0.2, 0) is 0 Å². The molecule has 0 spiro atoms. The Labute approximate surface area is 92.7 Å². The zero-order valence-corrected chi connectivity index (χ0v) is 8.95. The number of oxazole rings is 1. The van der Waals surface area contributed by atoms with E-state index in [9.17, 15) is 4.79 Å². The molecule has 1 heterocycles. The maximum absolute atomic E-state index is 11.0. The first-order valence-electron chi connectivity index (χ1n) is 5.71. The van der Waals surface area contributed by atoms with Crippen LogP contribution in [0, 0.1) is 0 Å². The molecule has 1 fully saturated rings. The molecule has 1 aromatic heterocycles. The van der Waals surface area contributed by atoms with Gasteiger partial charge >= 0.3 is 5.76 Å². The molecule has 1 aliphatic carbocycles. The van der Waals surface area contributed by atoms with Crippen LogP contribution in [-0.4, -0.2) is 11.0 Å². The molecule has 0 amide bonds. The van der Waals surface area contributed by atoms with Gasteiger partial charge in [0.25, 0.3) is 0 Å². The van der Waals surface area contributed by atoms with Crippen LogP contribution in [0.25, 0.3) is 11.1 Å². The summed E-state index contributed by atoms with van der Waals surface area (Å²) in [7, 11) is 0. The SMILES string of the molecule is O=c1[nH]c2cc(NC3CCCC3)ccc2o1. The van der Waals surface area contributed by atoms with Crippen LogP contribution >= 0.6 is 0 Å². The fourth-order valence-electron chi connectivity index (χ4n) is 2.35. The van der Waals surface area contributed by atoms with Crippen LogP contribution in [0.5, 0.6) is 0 Å². The summed E-state index contributed by atoms with van der Waals surface area (Å²) >= 11 is 0. The van der Waals surface area contributed by atoms with E-state index >= 15 is 0 Å². The number of anilines is 1. The number of nitrogens with one attached hydrogen (secondary N) is 2. The van der Waals surface area contributed by atoms with Gasteiger partial charge in [-0.1, -0.05) is 12.8 Å². The van der Waals surface area contributed by atoms with E-state index in [1.165, 1.54) is 25.7 Å². The molecule has 16 heavy (non-hydrogen) atoms. The highest BCUT2D eigenvalue weighted by molar-refractivity contribution is 5.76. The Bertz CT molecular complexity index is 549. The van der Waals surface area contributed by atoms with E-state index in [0.717, 1.165) is 11.2 Å². The lowest BCUT2D eigenvalue weighted by Crippen LogP contribution is -2.14. The molecule has 0 radical (unpaired) electrons. The Balaban J connectivity index is 1.89. The third kappa shape index (κ3) is 1.71. The molecule has 1 aromatic carbocycles. The Kier molecular flexibility index (Phi) is 2.20. The first-order valence-corrected chi connectivity index (χ1v) is 5.71. The van der Waals surface area contributed by atoms with E-state index in [2.05, 4.69) is 10.3 Å². The minimum Gasteiger partial charge on any atom is -0.408 e. The largest absolute Gasteiger partial charge is 0.417 e. The van der Waals surface area contributed by atoms with Gasteiger partial charge in [-0.05, 0) is 31.0 Å². The summed E-state index contributed by atoms with van der Waals surface area (Å²) in [5.74, 6) is -0.395. The van der Waals surface area contributed by atoms with Crippen molar-refractivity contribution in [2.75, 3.05) is 5.32 Å². The van der Waals surface area contributed by atoms with Crippen molar-refractivity contribution in [3.63, 3.8) is 0 Å². The molecule has 0 atom stereocenters.